The SMILES string of the molecule is CN1CCC(C(=O)CC2C=CC(=CC(=O)c3cccc(C(F)(F)F)c3)C=C2)CC1. The quantitative estimate of drug-likeness (QED) is 0.521. The summed E-state index contributed by atoms with van der Waals surface area (Å²) >= 11 is 0. The van der Waals surface area contributed by atoms with Crippen molar-refractivity contribution in [2.45, 2.75) is 25.4 Å². The molecule has 0 N–H and O–H groups in total. The molecule has 0 radical (unpaired) electrons. The fraction of sp³-hybridized carbons (Fsp3) is 0.391. The summed E-state index contributed by atoms with van der Waals surface area (Å²) in [7, 11) is 2.06. The maximum absolute atomic E-state index is 12.8. The summed E-state index contributed by atoms with van der Waals surface area (Å²) in [6.45, 7) is 1.88. The first-order valence-corrected chi connectivity index (χ1v) is 9.73. The molecular weight excluding hydrogens is 379 g/mol. The van der Waals surface area contributed by atoms with Crippen LogP contribution in [0.1, 0.15) is 35.2 Å². The number of carbonyl (C=O) groups is 2. The molecule has 1 heterocycles. The lowest BCUT2D eigenvalue weighted by Gasteiger charge is -2.28. The highest BCUT2D eigenvalue weighted by Gasteiger charge is 2.30. The minimum atomic E-state index is -4.48. The largest absolute Gasteiger partial charge is 0.416 e. The lowest BCUT2D eigenvalue weighted by atomic mass is 9.86. The molecular formula is C23H24F3NO2. The highest BCUT2D eigenvalue weighted by atomic mass is 19.4. The second-order valence-electron chi connectivity index (χ2n) is 7.72. The van der Waals surface area contributed by atoms with Crippen LogP contribution in [0, 0.1) is 11.8 Å². The van der Waals surface area contributed by atoms with Crippen LogP contribution < -0.4 is 0 Å². The van der Waals surface area contributed by atoms with Crippen molar-refractivity contribution >= 4 is 11.6 Å². The van der Waals surface area contributed by atoms with E-state index in [1.165, 1.54) is 18.2 Å². The standard InChI is InChI=1S/C23H24F3NO2/c1-27-11-9-18(10-12-27)21(28)13-16-5-7-17(8-6-16)14-22(29)19-3-2-4-20(15-19)23(24,25)26/h2-8,14-16,18H,9-13H2,1H3. The van der Waals surface area contributed by atoms with Crippen molar-refractivity contribution in [3.05, 3.63) is 71.3 Å². The van der Waals surface area contributed by atoms with Crippen molar-refractivity contribution in [1.29, 1.82) is 0 Å². The number of allylic oxidation sites excluding steroid dienone is 6. The van der Waals surface area contributed by atoms with Crippen LogP contribution in [0.15, 0.2) is 60.2 Å². The number of piperidine rings is 1. The van der Waals surface area contributed by atoms with Crippen LogP contribution in [0.2, 0.25) is 0 Å². The summed E-state index contributed by atoms with van der Waals surface area (Å²) < 4.78 is 38.4. The van der Waals surface area contributed by atoms with E-state index in [1.807, 2.05) is 12.2 Å². The van der Waals surface area contributed by atoms with Gasteiger partial charge in [0.15, 0.2) is 5.78 Å². The van der Waals surface area contributed by atoms with E-state index < -0.39 is 17.5 Å². The minimum Gasteiger partial charge on any atom is -0.306 e. The minimum absolute atomic E-state index is 0.00584. The number of Topliss-reactive ketones (excluding diaryl/α,β-unsaturated/α-hetero) is 1. The van der Waals surface area contributed by atoms with Crippen LogP contribution in [0.5, 0.6) is 0 Å². The molecule has 3 rings (SSSR count). The molecule has 2 aliphatic rings. The highest BCUT2D eigenvalue weighted by Crippen LogP contribution is 2.30. The first kappa shape index (κ1) is 21.2. The average Bonchev–Trinajstić information content (AvgIpc) is 2.69. The molecule has 0 saturated carbocycles. The lowest BCUT2D eigenvalue weighted by Crippen LogP contribution is -2.34. The molecule has 0 amide bonds. The number of ketones is 2. The highest BCUT2D eigenvalue weighted by molar-refractivity contribution is 6.05. The monoisotopic (exact) mass is 403 g/mol. The molecule has 154 valence electrons. The van der Waals surface area contributed by atoms with Gasteiger partial charge in [0.25, 0.3) is 0 Å². The first-order valence-electron chi connectivity index (χ1n) is 9.73. The summed E-state index contributed by atoms with van der Waals surface area (Å²) in [6.07, 6.45) is 6.31. The van der Waals surface area contributed by atoms with Crippen LogP contribution in [0.25, 0.3) is 0 Å². The van der Waals surface area contributed by atoms with Crippen LogP contribution in [0.4, 0.5) is 13.2 Å². The maximum atomic E-state index is 12.8. The van der Waals surface area contributed by atoms with E-state index in [9.17, 15) is 22.8 Å². The van der Waals surface area contributed by atoms with Gasteiger partial charge < -0.3 is 4.90 Å². The normalized spacial score (nSPS) is 20.7. The van der Waals surface area contributed by atoms with Gasteiger partial charge in [-0.15, -0.1) is 0 Å². The topological polar surface area (TPSA) is 37.4 Å². The maximum Gasteiger partial charge on any atom is 0.416 e. The number of likely N-dealkylation sites (tertiary alicyclic amines) is 1. The summed E-state index contributed by atoms with van der Waals surface area (Å²) in [5.74, 6) is -0.110. The Balaban J connectivity index is 1.59. The summed E-state index contributed by atoms with van der Waals surface area (Å²) in [4.78, 5) is 27.0. The zero-order valence-corrected chi connectivity index (χ0v) is 16.3. The molecule has 6 heteroatoms. The summed E-state index contributed by atoms with van der Waals surface area (Å²) in [6, 6.07) is 4.40. The number of carbonyl (C=O) groups excluding carboxylic acids is 2. The average molecular weight is 403 g/mol. The number of alkyl halides is 3. The molecule has 1 aliphatic heterocycles. The molecule has 0 unspecified atom stereocenters. The van der Waals surface area contributed by atoms with E-state index in [1.54, 1.807) is 12.2 Å². The molecule has 0 atom stereocenters. The second kappa shape index (κ2) is 8.91. The smallest absolute Gasteiger partial charge is 0.306 e. The van der Waals surface area contributed by atoms with E-state index in [4.69, 9.17) is 0 Å². The molecule has 1 aliphatic carbocycles. The first-order chi connectivity index (χ1) is 13.7. The zero-order valence-electron chi connectivity index (χ0n) is 16.3. The van der Waals surface area contributed by atoms with Gasteiger partial charge in [-0.05, 0) is 56.8 Å². The molecule has 1 fully saturated rings. The van der Waals surface area contributed by atoms with Gasteiger partial charge in [0.2, 0.25) is 0 Å². The van der Waals surface area contributed by atoms with Gasteiger partial charge in [-0.1, -0.05) is 36.4 Å². The fourth-order valence-electron chi connectivity index (χ4n) is 3.63. The summed E-state index contributed by atoms with van der Waals surface area (Å²) in [5.41, 5.74) is -0.243. The third-order valence-electron chi connectivity index (χ3n) is 5.45. The Labute approximate surface area is 168 Å². The number of rotatable bonds is 5. The number of benzene rings is 1. The number of halogens is 3. The van der Waals surface area contributed by atoms with Crippen LogP contribution >= 0.6 is 0 Å². The van der Waals surface area contributed by atoms with E-state index in [-0.39, 0.29) is 23.2 Å². The third kappa shape index (κ3) is 5.76. The van der Waals surface area contributed by atoms with E-state index in [0.29, 0.717) is 12.0 Å². The molecule has 0 spiro atoms. The lowest BCUT2D eigenvalue weighted by molar-refractivity contribution is -0.137. The van der Waals surface area contributed by atoms with Crippen molar-refractivity contribution in [2.24, 2.45) is 11.8 Å². The Morgan fingerprint density at radius 1 is 1.14 bits per heavy atom. The van der Waals surface area contributed by atoms with Crippen molar-refractivity contribution in [2.75, 3.05) is 20.1 Å². The predicted molar refractivity (Wildman–Crippen MR) is 105 cm³/mol. The molecule has 0 bridgehead atoms. The van der Waals surface area contributed by atoms with Crippen molar-refractivity contribution < 1.29 is 22.8 Å². The zero-order chi connectivity index (χ0) is 21.0. The Bertz CT molecular complexity index is 843. The van der Waals surface area contributed by atoms with Gasteiger partial charge >= 0.3 is 6.18 Å². The molecule has 1 aromatic rings. The number of hydrogen-bond acceptors (Lipinski definition) is 3. The third-order valence-corrected chi connectivity index (χ3v) is 5.45. The van der Waals surface area contributed by atoms with Crippen LogP contribution in [0.3, 0.4) is 0 Å². The van der Waals surface area contributed by atoms with Crippen molar-refractivity contribution in [1.82, 2.24) is 4.90 Å². The van der Waals surface area contributed by atoms with Crippen LogP contribution in [-0.2, 0) is 11.0 Å². The summed E-state index contributed by atoms with van der Waals surface area (Å²) in [5, 5.41) is 0. The number of nitrogens with zero attached hydrogens (tertiary/aromatic N) is 1. The Hall–Kier alpha value is -2.47. The second-order valence-corrected chi connectivity index (χ2v) is 7.72. The number of hydrogen-bond donors (Lipinski definition) is 0. The van der Waals surface area contributed by atoms with Crippen molar-refractivity contribution in [3.63, 3.8) is 0 Å². The molecule has 0 aromatic heterocycles. The van der Waals surface area contributed by atoms with Gasteiger partial charge in [0, 0.05) is 23.8 Å². The molecule has 1 aromatic carbocycles. The van der Waals surface area contributed by atoms with Gasteiger partial charge in [0.1, 0.15) is 5.78 Å². The van der Waals surface area contributed by atoms with E-state index >= 15 is 0 Å². The Kier molecular flexibility index (Phi) is 6.52. The molecule has 3 nitrogen and oxygen atoms in total. The van der Waals surface area contributed by atoms with Gasteiger partial charge in [-0.3, -0.25) is 9.59 Å². The van der Waals surface area contributed by atoms with Crippen molar-refractivity contribution in [3.8, 4) is 0 Å². The predicted octanol–water partition coefficient (Wildman–Crippen LogP) is 4.86. The molecule has 29 heavy (non-hydrogen) atoms. The van der Waals surface area contributed by atoms with E-state index in [0.717, 1.165) is 38.1 Å². The molecule has 1 saturated heterocycles. The van der Waals surface area contributed by atoms with Gasteiger partial charge in [-0.2, -0.15) is 13.2 Å². The van der Waals surface area contributed by atoms with Gasteiger partial charge in [0.05, 0.1) is 5.56 Å². The Morgan fingerprint density at radius 2 is 1.79 bits per heavy atom. The van der Waals surface area contributed by atoms with Gasteiger partial charge in [-0.25, -0.2) is 0 Å². The fourth-order valence-corrected chi connectivity index (χ4v) is 3.63. The van der Waals surface area contributed by atoms with E-state index in [2.05, 4.69) is 11.9 Å². The Morgan fingerprint density at radius 3 is 2.41 bits per heavy atom. The van der Waals surface area contributed by atoms with Crippen LogP contribution in [-0.4, -0.2) is 36.6 Å².